The summed E-state index contributed by atoms with van der Waals surface area (Å²) in [5, 5.41) is 16.4. The van der Waals surface area contributed by atoms with E-state index in [1.54, 1.807) is 0 Å². The molecule has 2 rings (SSSR count). The maximum absolute atomic E-state index is 11.9. The molecule has 1 atom stereocenters. The number of amides is 1. The Hall–Kier alpha value is -2.21. The minimum absolute atomic E-state index is 0.0878. The summed E-state index contributed by atoms with van der Waals surface area (Å²) in [7, 11) is 0. The van der Waals surface area contributed by atoms with Gasteiger partial charge in [0.15, 0.2) is 0 Å². The van der Waals surface area contributed by atoms with Crippen LogP contribution in [0.5, 0.6) is 0 Å². The summed E-state index contributed by atoms with van der Waals surface area (Å²) >= 11 is 0. The molecule has 1 unspecified atom stereocenters. The molecule has 0 aliphatic rings. The van der Waals surface area contributed by atoms with Gasteiger partial charge in [0.2, 0.25) is 5.82 Å². The number of hydrogen-bond donors (Lipinski definition) is 2. The van der Waals surface area contributed by atoms with Gasteiger partial charge in [0, 0.05) is 6.54 Å². The quantitative estimate of drug-likeness (QED) is 0.853. The summed E-state index contributed by atoms with van der Waals surface area (Å²) in [6.45, 7) is 3.97. The van der Waals surface area contributed by atoms with Crippen molar-refractivity contribution in [3.8, 4) is 5.69 Å². The van der Waals surface area contributed by atoms with E-state index in [0.29, 0.717) is 0 Å². The first kappa shape index (κ1) is 14.2. The van der Waals surface area contributed by atoms with E-state index in [1.807, 2.05) is 44.2 Å². The third kappa shape index (κ3) is 3.42. The van der Waals surface area contributed by atoms with Crippen molar-refractivity contribution in [2.75, 3.05) is 6.54 Å². The lowest BCUT2D eigenvalue weighted by Crippen LogP contribution is -2.35. The largest absolute Gasteiger partial charge is 0.391 e. The van der Waals surface area contributed by atoms with Crippen molar-refractivity contribution in [3.63, 3.8) is 0 Å². The van der Waals surface area contributed by atoms with Crippen LogP contribution in [0.1, 0.15) is 24.5 Å². The number of rotatable bonds is 5. The van der Waals surface area contributed by atoms with Crippen LogP contribution in [0.4, 0.5) is 0 Å². The Bertz CT molecular complexity index is 566. The monoisotopic (exact) mass is 274 g/mol. The second-order valence-corrected chi connectivity index (χ2v) is 4.87. The summed E-state index contributed by atoms with van der Waals surface area (Å²) in [5.41, 5.74) is 0.835. The average Bonchev–Trinajstić information content (AvgIpc) is 2.95. The van der Waals surface area contributed by atoms with E-state index in [9.17, 15) is 9.90 Å². The van der Waals surface area contributed by atoms with Gasteiger partial charge in [-0.1, -0.05) is 32.0 Å². The first-order valence-electron chi connectivity index (χ1n) is 6.51. The lowest BCUT2D eigenvalue weighted by Gasteiger charge is -2.14. The zero-order valence-electron chi connectivity index (χ0n) is 11.5. The lowest BCUT2D eigenvalue weighted by molar-refractivity contribution is 0.0862. The Morgan fingerprint density at radius 3 is 2.70 bits per heavy atom. The molecule has 106 valence electrons. The fourth-order valence-corrected chi connectivity index (χ4v) is 1.58. The highest BCUT2D eigenvalue weighted by atomic mass is 16.3. The Balaban J connectivity index is 2.00. The summed E-state index contributed by atoms with van der Waals surface area (Å²) in [6.07, 6.45) is 0.915. The van der Waals surface area contributed by atoms with Crippen LogP contribution in [0, 0.1) is 5.92 Å². The number of para-hydroxylation sites is 1. The number of carbonyl (C=O) groups is 1. The number of hydrogen-bond acceptors (Lipinski definition) is 4. The highest BCUT2D eigenvalue weighted by molar-refractivity contribution is 5.90. The summed E-state index contributed by atoms with van der Waals surface area (Å²) in [4.78, 5) is 15.8. The van der Waals surface area contributed by atoms with Crippen molar-refractivity contribution in [2.45, 2.75) is 20.0 Å². The number of carbonyl (C=O) groups excluding carboxylic acids is 1. The molecule has 6 heteroatoms. The van der Waals surface area contributed by atoms with Crippen molar-refractivity contribution in [3.05, 3.63) is 42.5 Å². The molecular weight excluding hydrogens is 256 g/mol. The summed E-state index contributed by atoms with van der Waals surface area (Å²) < 4.78 is 1.54. The minimum Gasteiger partial charge on any atom is -0.391 e. The van der Waals surface area contributed by atoms with Crippen molar-refractivity contribution in [1.29, 1.82) is 0 Å². The van der Waals surface area contributed by atoms with Gasteiger partial charge in [0.25, 0.3) is 5.91 Å². The van der Waals surface area contributed by atoms with E-state index in [-0.39, 0.29) is 24.2 Å². The molecule has 0 radical (unpaired) electrons. The minimum atomic E-state index is -0.574. The molecule has 20 heavy (non-hydrogen) atoms. The van der Waals surface area contributed by atoms with E-state index >= 15 is 0 Å². The Kier molecular flexibility index (Phi) is 4.47. The molecule has 6 nitrogen and oxygen atoms in total. The van der Waals surface area contributed by atoms with Crippen molar-refractivity contribution >= 4 is 5.91 Å². The maximum Gasteiger partial charge on any atom is 0.291 e. The summed E-state index contributed by atoms with van der Waals surface area (Å²) in [6, 6.07) is 9.42. The van der Waals surface area contributed by atoms with Crippen LogP contribution in [0.25, 0.3) is 5.69 Å². The Labute approximate surface area is 117 Å². The molecule has 2 aromatic rings. The summed E-state index contributed by atoms with van der Waals surface area (Å²) in [5.74, 6) is -0.214. The van der Waals surface area contributed by atoms with Gasteiger partial charge in [-0.15, -0.1) is 5.10 Å². The number of aromatic nitrogens is 3. The highest BCUT2D eigenvalue weighted by Crippen LogP contribution is 2.05. The number of aliphatic hydroxyl groups excluding tert-OH is 1. The number of nitrogens with one attached hydrogen (secondary N) is 1. The van der Waals surface area contributed by atoms with E-state index < -0.39 is 6.10 Å². The SMILES string of the molecule is CC(C)C(O)CNC(=O)c1ncn(-c2ccccc2)n1. The molecule has 1 heterocycles. The second-order valence-electron chi connectivity index (χ2n) is 4.87. The predicted molar refractivity (Wildman–Crippen MR) is 74.5 cm³/mol. The van der Waals surface area contributed by atoms with Gasteiger partial charge in [-0.25, -0.2) is 9.67 Å². The molecule has 0 saturated heterocycles. The maximum atomic E-state index is 11.9. The zero-order chi connectivity index (χ0) is 14.5. The standard InChI is InChI=1S/C14H18N4O2/c1-10(2)12(19)8-15-14(20)13-16-9-18(17-13)11-6-4-3-5-7-11/h3-7,9-10,12,19H,8H2,1-2H3,(H,15,20). The van der Waals surface area contributed by atoms with Crippen molar-refractivity contribution in [2.24, 2.45) is 5.92 Å². The number of benzene rings is 1. The van der Waals surface area contributed by atoms with Gasteiger partial charge in [-0.2, -0.15) is 0 Å². The molecular formula is C14H18N4O2. The van der Waals surface area contributed by atoms with Gasteiger partial charge in [-0.05, 0) is 18.1 Å². The zero-order valence-corrected chi connectivity index (χ0v) is 11.5. The van der Waals surface area contributed by atoms with Gasteiger partial charge < -0.3 is 10.4 Å². The van der Waals surface area contributed by atoms with Crippen LogP contribution in [-0.4, -0.2) is 38.4 Å². The van der Waals surface area contributed by atoms with E-state index in [4.69, 9.17) is 0 Å². The average molecular weight is 274 g/mol. The van der Waals surface area contributed by atoms with Crippen LogP contribution >= 0.6 is 0 Å². The van der Waals surface area contributed by atoms with E-state index in [2.05, 4.69) is 15.4 Å². The van der Waals surface area contributed by atoms with Gasteiger partial charge in [0.1, 0.15) is 6.33 Å². The lowest BCUT2D eigenvalue weighted by atomic mass is 10.1. The molecule has 0 saturated carbocycles. The topological polar surface area (TPSA) is 80.0 Å². The van der Waals surface area contributed by atoms with Gasteiger partial charge >= 0.3 is 0 Å². The Morgan fingerprint density at radius 2 is 2.05 bits per heavy atom. The molecule has 0 spiro atoms. The van der Waals surface area contributed by atoms with Crippen LogP contribution < -0.4 is 5.32 Å². The van der Waals surface area contributed by atoms with Crippen LogP contribution in [0.3, 0.4) is 0 Å². The van der Waals surface area contributed by atoms with E-state index in [0.717, 1.165) is 5.69 Å². The van der Waals surface area contributed by atoms with E-state index in [1.165, 1.54) is 11.0 Å². The van der Waals surface area contributed by atoms with Crippen molar-refractivity contribution < 1.29 is 9.90 Å². The molecule has 2 N–H and O–H groups in total. The third-order valence-corrected chi connectivity index (χ3v) is 2.96. The normalized spacial score (nSPS) is 12.4. The Morgan fingerprint density at radius 1 is 1.35 bits per heavy atom. The fourth-order valence-electron chi connectivity index (χ4n) is 1.58. The van der Waals surface area contributed by atoms with Crippen LogP contribution in [0.15, 0.2) is 36.7 Å². The molecule has 0 aliphatic carbocycles. The predicted octanol–water partition coefficient (Wildman–Crippen LogP) is 1.01. The molecule has 1 amide bonds. The smallest absolute Gasteiger partial charge is 0.291 e. The molecule has 0 fully saturated rings. The second kappa shape index (κ2) is 6.29. The number of aliphatic hydroxyl groups is 1. The first-order valence-corrected chi connectivity index (χ1v) is 6.51. The fraction of sp³-hybridized carbons (Fsp3) is 0.357. The van der Waals surface area contributed by atoms with Crippen LogP contribution in [-0.2, 0) is 0 Å². The highest BCUT2D eigenvalue weighted by Gasteiger charge is 2.15. The molecule has 0 bridgehead atoms. The van der Waals surface area contributed by atoms with Crippen molar-refractivity contribution in [1.82, 2.24) is 20.1 Å². The van der Waals surface area contributed by atoms with Gasteiger partial charge in [0.05, 0.1) is 11.8 Å². The van der Waals surface area contributed by atoms with Gasteiger partial charge in [-0.3, -0.25) is 4.79 Å². The first-order chi connectivity index (χ1) is 9.58. The molecule has 0 aliphatic heterocycles. The molecule has 1 aromatic heterocycles. The number of nitrogens with zero attached hydrogens (tertiary/aromatic N) is 3. The third-order valence-electron chi connectivity index (χ3n) is 2.96. The van der Waals surface area contributed by atoms with Crippen LogP contribution in [0.2, 0.25) is 0 Å². The molecule has 1 aromatic carbocycles.